The average Bonchev–Trinajstić information content (AvgIpc) is 2.37. The summed E-state index contributed by atoms with van der Waals surface area (Å²) in [7, 11) is 0. The van der Waals surface area contributed by atoms with Crippen LogP contribution in [-0.4, -0.2) is 19.6 Å². The fraction of sp³-hybridized carbons (Fsp3) is 0.647. The summed E-state index contributed by atoms with van der Waals surface area (Å²) in [5, 5.41) is 6.96. The highest BCUT2D eigenvalue weighted by molar-refractivity contribution is 5.25. The molecule has 1 aromatic rings. The first kappa shape index (κ1) is 16.2. The average molecular weight is 262 g/mol. The predicted molar refractivity (Wildman–Crippen MR) is 84.6 cm³/mol. The lowest BCUT2D eigenvalue weighted by molar-refractivity contribution is 0.527. The fourth-order valence-electron chi connectivity index (χ4n) is 1.99. The van der Waals surface area contributed by atoms with Gasteiger partial charge in [0.2, 0.25) is 0 Å². The number of nitrogens with one attached hydrogen (secondary N) is 2. The SMILES string of the molecule is CC(C)CCNCCNCc1cccc(C(C)C)c1. The zero-order chi connectivity index (χ0) is 14.1. The van der Waals surface area contributed by atoms with E-state index in [0.29, 0.717) is 5.92 Å². The number of rotatable bonds is 9. The van der Waals surface area contributed by atoms with E-state index >= 15 is 0 Å². The molecule has 0 saturated carbocycles. The summed E-state index contributed by atoms with van der Waals surface area (Å²) in [4.78, 5) is 0. The van der Waals surface area contributed by atoms with Crippen LogP contribution in [-0.2, 0) is 6.54 Å². The second-order valence-corrected chi connectivity index (χ2v) is 6.01. The van der Waals surface area contributed by atoms with Crippen LogP contribution in [0.1, 0.15) is 51.2 Å². The Morgan fingerprint density at radius 3 is 2.37 bits per heavy atom. The highest BCUT2D eigenvalue weighted by Crippen LogP contribution is 2.15. The minimum atomic E-state index is 0.609. The Balaban J connectivity index is 2.14. The van der Waals surface area contributed by atoms with E-state index in [1.807, 2.05) is 0 Å². The summed E-state index contributed by atoms with van der Waals surface area (Å²) < 4.78 is 0. The van der Waals surface area contributed by atoms with Gasteiger partial charge in [-0.2, -0.15) is 0 Å². The molecule has 0 aliphatic carbocycles. The Hall–Kier alpha value is -0.860. The molecule has 0 radical (unpaired) electrons. The van der Waals surface area contributed by atoms with Gasteiger partial charge in [0.25, 0.3) is 0 Å². The van der Waals surface area contributed by atoms with Gasteiger partial charge in [-0.15, -0.1) is 0 Å². The molecule has 1 rings (SSSR count). The lowest BCUT2D eigenvalue weighted by atomic mass is 10.0. The van der Waals surface area contributed by atoms with Crippen molar-refractivity contribution in [2.75, 3.05) is 19.6 Å². The predicted octanol–water partition coefficient (Wildman–Crippen LogP) is 3.54. The molecule has 1 aromatic carbocycles. The van der Waals surface area contributed by atoms with Crippen molar-refractivity contribution < 1.29 is 0 Å². The van der Waals surface area contributed by atoms with Gasteiger partial charge >= 0.3 is 0 Å². The van der Waals surface area contributed by atoms with Crippen LogP contribution in [0.5, 0.6) is 0 Å². The number of hydrogen-bond donors (Lipinski definition) is 2. The van der Waals surface area contributed by atoms with E-state index in [9.17, 15) is 0 Å². The molecule has 0 bridgehead atoms. The topological polar surface area (TPSA) is 24.1 Å². The van der Waals surface area contributed by atoms with Gasteiger partial charge < -0.3 is 10.6 Å². The molecule has 2 N–H and O–H groups in total. The van der Waals surface area contributed by atoms with Crippen LogP contribution < -0.4 is 10.6 Å². The lowest BCUT2D eigenvalue weighted by Gasteiger charge is -2.10. The third-order valence-corrected chi connectivity index (χ3v) is 3.32. The van der Waals surface area contributed by atoms with Crippen molar-refractivity contribution in [1.29, 1.82) is 0 Å². The Morgan fingerprint density at radius 2 is 1.68 bits per heavy atom. The molecule has 0 aliphatic heterocycles. The highest BCUT2D eigenvalue weighted by atomic mass is 14.9. The maximum absolute atomic E-state index is 3.49. The Labute approximate surface area is 119 Å². The zero-order valence-electron chi connectivity index (χ0n) is 13.0. The van der Waals surface area contributed by atoms with Crippen molar-refractivity contribution in [2.45, 2.75) is 46.6 Å². The van der Waals surface area contributed by atoms with Crippen LogP contribution in [0, 0.1) is 5.92 Å². The Kier molecular flexibility index (Phi) is 7.76. The summed E-state index contributed by atoms with van der Waals surface area (Å²) >= 11 is 0. The van der Waals surface area contributed by atoms with Gasteiger partial charge in [0.15, 0.2) is 0 Å². The van der Waals surface area contributed by atoms with Crippen molar-refractivity contribution in [2.24, 2.45) is 5.92 Å². The maximum atomic E-state index is 3.49. The molecule has 0 fully saturated rings. The number of hydrogen-bond acceptors (Lipinski definition) is 2. The highest BCUT2D eigenvalue weighted by Gasteiger charge is 2.00. The van der Waals surface area contributed by atoms with E-state index in [0.717, 1.165) is 32.1 Å². The minimum absolute atomic E-state index is 0.609. The summed E-state index contributed by atoms with van der Waals surface area (Å²) in [6.45, 7) is 13.2. The van der Waals surface area contributed by atoms with Crippen molar-refractivity contribution in [3.8, 4) is 0 Å². The summed E-state index contributed by atoms with van der Waals surface area (Å²) in [6, 6.07) is 8.88. The first-order chi connectivity index (χ1) is 9.09. The van der Waals surface area contributed by atoms with Crippen LogP contribution in [0.15, 0.2) is 24.3 Å². The maximum Gasteiger partial charge on any atom is 0.0206 e. The molecule has 2 heteroatoms. The molecule has 0 heterocycles. The fourth-order valence-corrected chi connectivity index (χ4v) is 1.99. The molecule has 0 amide bonds. The summed E-state index contributed by atoms with van der Waals surface area (Å²) in [6.07, 6.45) is 1.26. The van der Waals surface area contributed by atoms with Gasteiger partial charge in [-0.3, -0.25) is 0 Å². The Bertz CT molecular complexity index is 345. The van der Waals surface area contributed by atoms with E-state index in [1.165, 1.54) is 17.5 Å². The van der Waals surface area contributed by atoms with E-state index in [1.54, 1.807) is 0 Å². The first-order valence-electron chi connectivity index (χ1n) is 7.60. The summed E-state index contributed by atoms with van der Waals surface area (Å²) in [5.41, 5.74) is 2.81. The molecular formula is C17H30N2. The first-order valence-corrected chi connectivity index (χ1v) is 7.60. The lowest BCUT2D eigenvalue weighted by Crippen LogP contribution is -2.28. The molecule has 0 aromatic heterocycles. The molecule has 0 spiro atoms. The molecule has 0 atom stereocenters. The van der Waals surface area contributed by atoms with Crippen molar-refractivity contribution >= 4 is 0 Å². The standard InChI is InChI=1S/C17H30N2/c1-14(2)8-9-18-10-11-19-13-16-6-5-7-17(12-16)15(3)4/h5-7,12,14-15,18-19H,8-11,13H2,1-4H3. The quantitative estimate of drug-likeness (QED) is 0.665. The van der Waals surface area contributed by atoms with Crippen LogP contribution in [0.3, 0.4) is 0 Å². The van der Waals surface area contributed by atoms with Gasteiger partial charge in [0.05, 0.1) is 0 Å². The van der Waals surface area contributed by atoms with Gasteiger partial charge in [-0.05, 0) is 35.9 Å². The summed E-state index contributed by atoms with van der Waals surface area (Å²) in [5.74, 6) is 1.40. The number of benzene rings is 1. The van der Waals surface area contributed by atoms with Gasteiger partial charge in [0, 0.05) is 19.6 Å². The van der Waals surface area contributed by atoms with Crippen LogP contribution in [0.2, 0.25) is 0 Å². The van der Waals surface area contributed by atoms with Crippen LogP contribution >= 0.6 is 0 Å². The minimum Gasteiger partial charge on any atom is -0.315 e. The molecule has 0 saturated heterocycles. The molecule has 19 heavy (non-hydrogen) atoms. The van der Waals surface area contributed by atoms with E-state index in [4.69, 9.17) is 0 Å². The second kappa shape index (κ2) is 9.11. The van der Waals surface area contributed by atoms with Gasteiger partial charge in [-0.25, -0.2) is 0 Å². The van der Waals surface area contributed by atoms with E-state index < -0.39 is 0 Å². The largest absolute Gasteiger partial charge is 0.315 e. The smallest absolute Gasteiger partial charge is 0.0206 e. The zero-order valence-corrected chi connectivity index (χ0v) is 13.0. The van der Waals surface area contributed by atoms with Gasteiger partial charge in [0.1, 0.15) is 0 Å². The Morgan fingerprint density at radius 1 is 0.947 bits per heavy atom. The van der Waals surface area contributed by atoms with E-state index in [-0.39, 0.29) is 0 Å². The van der Waals surface area contributed by atoms with Crippen LogP contribution in [0.25, 0.3) is 0 Å². The molecule has 108 valence electrons. The third-order valence-electron chi connectivity index (χ3n) is 3.32. The molecular weight excluding hydrogens is 232 g/mol. The molecule has 0 unspecified atom stereocenters. The van der Waals surface area contributed by atoms with Crippen molar-refractivity contribution in [1.82, 2.24) is 10.6 Å². The molecule has 2 nitrogen and oxygen atoms in total. The van der Waals surface area contributed by atoms with Gasteiger partial charge in [-0.1, -0.05) is 52.0 Å². The second-order valence-electron chi connectivity index (χ2n) is 6.01. The molecule has 0 aliphatic rings. The van der Waals surface area contributed by atoms with E-state index in [2.05, 4.69) is 62.6 Å². The third kappa shape index (κ3) is 7.34. The normalized spacial score (nSPS) is 11.5. The van der Waals surface area contributed by atoms with Crippen LogP contribution in [0.4, 0.5) is 0 Å². The van der Waals surface area contributed by atoms with Crippen molar-refractivity contribution in [3.63, 3.8) is 0 Å². The van der Waals surface area contributed by atoms with Crippen molar-refractivity contribution in [3.05, 3.63) is 35.4 Å². The monoisotopic (exact) mass is 262 g/mol.